The van der Waals surface area contributed by atoms with Crippen molar-refractivity contribution in [3.05, 3.63) is 67.9 Å². The van der Waals surface area contributed by atoms with Crippen molar-refractivity contribution >= 4 is 62.5 Å². The molecule has 246 valence electrons. The van der Waals surface area contributed by atoms with Gasteiger partial charge in [-0.25, -0.2) is 4.79 Å². The fraction of sp³-hybridized carbons (Fsp3) is 0.469. The van der Waals surface area contributed by atoms with Crippen LogP contribution in [-0.4, -0.2) is 61.7 Å². The average Bonchev–Trinajstić information content (AvgIpc) is 3.78. The number of amides is 1. The molecule has 14 heteroatoms. The van der Waals surface area contributed by atoms with E-state index >= 15 is 0 Å². The summed E-state index contributed by atoms with van der Waals surface area (Å²) in [5, 5.41) is 30.5. The van der Waals surface area contributed by atoms with Crippen LogP contribution in [0.4, 0.5) is 16.2 Å². The molecule has 3 aliphatic rings. The van der Waals surface area contributed by atoms with Crippen LogP contribution < -0.4 is 10.6 Å². The van der Waals surface area contributed by atoms with Crippen molar-refractivity contribution in [2.24, 2.45) is 0 Å². The summed E-state index contributed by atoms with van der Waals surface area (Å²) in [6.07, 6.45) is 4.00. The van der Waals surface area contributed by atoms with Crippen LogP contribution >= 0.6 is 23.2 Å². The Hall–Kier alpha value is -3.55. The van der Waals surface area contributed by atoms with Gasteiger partial charge in [0.1, 0.15) is 23.0 Å². The first-order valence-corrected chi connectivity index (χ1v) is 16.1. The van der Waals surface area contributed by atoms with Gasteiger partial charge >= 0.3 is 6.09 Å². The van der Waals surface area contributed by atoms with E-state index in [1.54, 1.807) is 26.0 Å². The molecular weight excluding hydrogens is 635 g/mol. The number of aromatic nitrogens is 2. The molecule has 4 aromatic rings. The molecule has 2 aromatic carbocycles. The van der Waals surface area contributed by atoms with E-state index in [4.69, 9.17) is 32.7 Å². The van der Waals surface area contributed by atoms with Crippen LogP contribution in [0.25, 0.3) is 21.8 Å². The predicted octanol–water partition coefficient (Wildman–Crippen LogP) is 8.09. The zero-order chi connectivity index (χ0) is 33.0. The third-order valence-corrected chi connectivity index (χ3v) is 9.31. The van der Waals surface area contributed by atoms with Crippen LogP contribution in [0.3, 0.4) is 0 Å². The van der Waals surface area contributed by atoms with Crippen LogP contribution in [-0.2, 0) is 9.47 Å². The Morgan fingerprint density at radius 2 is 1.59 bits per heavy atom. The molecule has 5 N–H and O–H groups in total. The number of hydrogen-bond acceptors (Lipinski definition) is 7. The predicted molar refractivity (Wildman–Crippen MR) is 178 cm³/mol. The standard InChI is InChI=1S/C18H24ClN3O.C14H14ClN3O5/c1-18(2)22-16(10-23-18)14-8-11-7-12(19)9-15(17(11)21-14)20-13-5-3-4-6-13;1-14(2)17(13(19)20)11(6-23-14)9-4-7-3-8(15)5-10(18(21)22)12(7)16-9/h7-9,13,16,20-22H,3-6,10H2,1-2H3;3-5,11,16H,6H2,1-2H3,(H,19,20)/t16-;11-/m11/s1. The fourth-order valence-electron chi connectivity index (χ4n) is 6.71. The molecule has 2 atom stereocenters. The van der Waals surface area contributed by atoms with E-state index in [9.17, 15) is 20.0 Å². The van der Waals surface area contributed by atoms with Gasteiger partial charge in [-0.15, -0.1) is 0 Å². The molecule has 2 aliphatic heterocycles. The monoisotopic (exact) mass is 672 g/mol. The number of carboxylic acid groups (broad SMARTS) is 1. The van der Waals surface area contributed by atoms with Gasteiger partial charge in [0.05, 0.1) is 35.4 Å². The normalized spacial score (nSPS) is 22.3. The lowest BCUT2D eigenvalue weighted by Gasteiger charge is -2.30. The SMILES string of the molecule is CC1(C)N[C@@H](c2cc3cc(Cl)cc(NC4CCCC4)c3[nH]2)CO1.CC1(C)OC[C@H](c2cc3cc(Cl)cc([N+](=O)[O-])c3[nH]2)N1C(=O)O. The lowest BCUT2D eigenvalue weighted by molar-refractivity contribution is -0.383. The second kappa shape index (κ2) is 12.2. The molecule has 3 fully saturated rings. The molecule has 0 spiro atoms. The molecule has 2 saturated heterocycles. The molecule has 0 unspecified atom stereocenters. The summed E-state index contributed by atoms with van der Waals surface area (Å²) < 4.78 is 11.3. The van der Waals surface area contributed by atoms with Gasteiger partial charge in [-0.3, -0.25) is 20.3 Å². The highest BCUT2D eigenvalue weighted by molar-refractivity contribution is 6.32. The first-order valence-electron chi connectivity index (χ1n) is 15.3. The number of anilines is 1. The van der Waals surface area contributed by atoms with E-state index in [2.05, 4.69) is 40.5 Å². The second-order valence-corrected chi connectivity index (χ2v) is 14.0. The highest BCUT2D eigenvalue weighted by Gasteiger charge is 2.45. The summed E-state index contributed by atoms with van der Waals surface area (Å²) >= 11 is 12.2. The highest BCUT2D eigenvalue weighted by atomic mass is 35.5. The van der Waals surface area contributed by atoms with E-state index < -0.39 is 22.8 Å². The van der Waals surface area contributed by atoms with Crippen LogP contribution in [0.5, 0.6) is 0 Å². The Balaban J connectivity index is 0.000000162. The number of nitro benzene ring substituents is 1. The number of halogens is 2. The number of nitro groups is 1. The smallest absolute Gasteiger partial charge is 0.410 e. The number of ether oxygens (including phenoxy) is 2. The van der Waals surface area contributed by atoms with Crippen molar-refractivity contribution < 1.29 is 24.3 Å². The van der Waals surface area contributed by atoms with Gasteiger partial charge < -0.3 is 29.9 Å². The molecule has 1 aliphatic carbocycles. The molecule has 0 radical (unpaired) electrons. The Kier molecular flexibility index (Phi) is 8.62. The lowest BCUT2D eigenvalue weighted by atomic mass is 10.1. The first-order chi connectivity index (χ1) is 21.7. The van der Waals surface area contributed by atoms with Gasteiger partial charge in [-0.1, -0.05) is 36.0 Å². The summed E-state index contributed by atoms with van der Waals surface area (Å²) in [4.78, 5) is 29.9. The minimum Gasteiger partial charge on any atom is -0.465 e. The molecule has 1 amide bonds. The van der Waals surface area contributed by atoms with Crippen molar-refractivity contribution in [3.63, 3.8) is 0 Å². The van der Waals surface area contributed by atoms with E-state index in [0.717, 1.165) is 27.3 Å². The number of hydrogen-bond donors (Lipinski definition) is 5. The van der Waals surface area contributed by atoms with Gasteiger partial charge in [0.2, 0.25) is 0 Å². The number of aromatic amines is 2. The zero-order valence-electron chi connectivity index (χ0n) is 26.1. The number of benzene rings is 2. The Labute approximate surface area is 275 Å². The summed E-state index contributed by atoms with van der Waals surface area (Å²) in [6.45, 7) is 8.26. The number of non-ortho nitro benzene ring substituents is 1. The van der Waals surface area contributed by atoms with E-state index in [-0.39, 0.29) is 29.1 Å². The molecule has 1 saturated carbocycles. The van der Waals surface area contributed by atoms with Crippen molar-refractivity contribution in [1.82, 2.24) is 20.2 Å². The van der Waals surface area contributed by atoms with Crippen LogP contribution in [0.15, 0.2) is 36.4 Å². The number of rotatable bonds is 5. The maximum absolute atomic E-state index is 11.5. The van der Waals surface area contributed by atoms with Gasteiger partial charge in [-0.05, 0) is 70.9 Å². The third kappa shape index (κ3) is 6.50. The second-order valence-electron chi connectivity index (χ2n) is 13.1. The van der Waals surface area contributed by atoms with E-state index in [0.29, 0.717) is 29.2 Å². The molecular formula is C32H38Cl2N6O6. The first kappa shape index (κ1) is 32.4. The topological polar surface area (TPSA) is 158 Å². The van der Waals surface area contributed by atoms with Crippen LogP contribution in [0.2, 0.25) is 10.0 Å². The minimum absolute atomic E-state index is 0.154. The van der Waals surface area contributed by atoms with E-state index in [1.165, 1.54) is 36.6 Å². The molecule has 0 bridgehead atoms. The maximum Gasteiger partial charge on any atom is 0.410 e. The van der Waals surface area contributed by atoms with Crippen LogP contribution in [0, 0.1) is 10.1 Å². The average molecular weight is 674 g/mol. The number of fused-ring (bicyclic) bond motifs is 2. The van der Waals surface area contributed by atoms with Crippen molar-refractivity contribution in [3.8, 4) is 0 Å². The number of nitrogens with one attached hydrogen (secondary N) is 4. The van der Waals surface area contributed by atoms with Gasteiger partial charge in [0.15, 0.2) is 0 Å². The summed E-state index contributed by atoms with van der Waals surface area (Å²) in [5.74, 6) is 0. The highest BCUT2D eigenvalue weighted by Crippen LogP contribution is 2.39. The molecule has 46 heavy (non-hydrogen) atoms. The number of H-pyrrole nitrogens is 2. The Morgan fingerprint density at radius 1 is 0.957 bits per heavy atom. The lowest BCUT2D eigenvalue weighted by Crippen LogP contribution is -2.44. The zero-order valence-corrected chi connectivity index (χ0v) is 27.6. The summed E-state index contributed by atoms with van der Waals surface area (Å²) in [7, 11) is 0. The molecule has 2 aromatic heterocycles. The van der Waals surface area contributed by atoms with E-state index in [1.807, 2.05) is 12.1 Å². The van der Waals surface area contributed by atoms with Crippen molar-refractivity contribution in [1.29, 1.82) is 0 Å². The minimum atomic E-state index is -1.12. The van der Waals surface area contributed by atoms with Gasteiger partial charge in [0.25, 0.3) is 5.69 Å². The fourth-order valence-corrected chi connectivity index (χ4v) is 7.16. The summed E-state index contributed by atoms with van der Waals surface area (Å²) in [6, 6.07) is 10.9. The third-order valence-electron chi connectivity index (χ3n) is 8.88. The maximum atomic E-state index is 11.5. The molecule has 12 nitrogen and oxygen atoms in total. The Morgan fingerprint density at radius 3 is 2.22 bits per heavy atom. The number of carbonyl (C=O) groups is 1. The summed E-state index contributed by atoms with van der Waals surface area (Å²) in [5.41, 5.74) is 2.84. The van der Waals surface area contributed by atoms with Crippen LogP contribution in [0.1, 0.15) is 76.8 Å². The quantitative estimate of drug-likeness (QED) is 0.105. The van der Waals surface area contributed by atoms with Crippen molar-refractivity contribution in [2.75, 3.05) is 18.5 Å². The Bertz CT molecular complexity index is 1800. The van der Waals surface area contributed by atoms with Gasteiger partial charge in [-0.2, -0.15) is 0 Å². The largest absolute Gasteiger partial charge is 0.465 e. The number of nitrogens with zero attached hydrogens (tertiary/aromatic N) is 2. The van der Waals surface area contributed by atoms with Crippen molar-refractivity contribution in [2.45, 2.75) is 83.0 Å². The molecule has 7 rings (SSSR count). The molecule has 4 heterocycles. The van der Waals surface area contributed by atoms with Gasteiger partial charge in [0, 0.05) is 44.3 Å².